The molecule has 1 heterocycles. The summed E-state index contributed by atoms with van der Waals surface area (Å²) >= 11 is 0. The number of ether oxygens (including phenoxy) is 1. The first-order valence-electron chi connectivity index (χ1n) is 4.91. The van der Waals surface area contributed by atoms with Crippen molar-refractivity contribution in [3.8, 4) is 0 Å². The summed E-state index contributed by atoms with van der Waals surface area (Å²) in [5, 5.41) is 8.57. The molecular formula is C10H15NO4. The Morgan fingerprint density at radius 1 is 1.73 bits per heavy atom. The van der Waals surface area contributed by atoms with E-state index in [1.54, 1.807) is 6.08 Å². The molecule has 1 aliphatic rings. The van der Waals surface area contributed by atoms with Crippen molar-refractivity contribution in [3.63, 3.8) is 0 Å². The zero-order valence-electron chi connectivity index (χ0n) is 8.52. The van der Waals surface area contributed by atoms with E-state index in [1.165, 1.54) is 4.90 Å². The maximum absolute atomic E-state index is 11.3. The minimum Gasteiger partial charge on any atom is -0.481 e. The predicted molar refractivity (Wildman–Crippen MR) is 53.5 cm³/mol. The predicted octanol–water partition coefficient (Wildman–Crippen LogP) is 1.25. The number of aliphatic carboxylic acids is 1. The first-order chi connectivity index (χ1) is 7.15. The van der Waals surface area contributed by atoms with Gasteiger partial charge in [-0.2, -0.15) is 0 Å². The summed E-state index contributed by atoms with van der Waals surface area (Å²) in [5.74, 6) is -0.840. The van der Waals surface area contributed by atoms with E-state index in [0.717, 1.165) is 0 Å². The zero-order chi connectivity index (χ0) is 11.3. The van der Waals surface area contributed by atoms with E-state index in [4.69, 9.17) is 9.84 Å². The monoisotopic (exact) mass is 213 g/mol. The molecule has 1 saturated heterocycles. The van der Waals surface area contributed by atoms with Crippen LogP contribution in [0.25, 0.3) is 0 Å². The Morgan fingerprint density at radius 2 is 2.47 bits per heavy atom. The summed E-state index contributed by atoms with van der Waals surface area (Å²) in [6.07, 6.45) is 2.47. The van der Waals surface area contributed by atoms with Crippen molar-refractivity contribution in [1.29, 1.82) is 0 Å². The quantitative estimate of drug-likeness (QED) is 0.698. The average Bonchev–Trinajstić information content (AvgIpc) is 2.19. The highest BCUT2D eigenvalue weighted by molar-refractivity contribution is 5.69. The molecule has 0 radical (unpaired) electrons. The van der Waals surface area contributed by atoms with Crippen LogP contribution in [0, 0.1) is 0 Å². The molecule has 1 unspecified atom stereocenters. The van der Waals surface area contributed by atoms with E-state index < -0.39 is 5.97 Å². The van der Waals surface area contributed by atoms with Crippen LogP contribution in [-0.4, -0.2) is 41.3 Å². The Balaban J connectivity index is 2.53. The molecule has 0 aliphatic carbocycles. The Morgan fingerprint density at radius 3 is 3.07 bits per heavy atom. The van der Waals surface area contributed by atoms with Crippen LogP contribution in [0.3, 0.4) is 0 Å². The minimum atomic E-state index is -0.840. The van der Waals surface area contributed by atoms with Gasteiger partial charge in [-0.25, -0.2) is 4.79 Å². The first-order valence-corrected chi connectivity index (χ1v) is 4.91. The van der Waals surface area contributed by atoms with Crippen molar-refractivity contribution >= 4 is 12.1 Å². The molecule has 0 aromatic rings. The summed E-state index contributed by atoms with van der Waals surface area (Å²) in [6.45, 7) is 4.33. The van der Waals surface area contributed by atoms with Crippen LogP contribution in [0.4, 0.5) is 4.79 Å². The highest BCUT2D eigenvalue weighted by Gasteiger charge is 2.28. The van der Waals surface area contributed by atoms with Crippen molar-refractivity contribution in [3.05, 3.63) is 12.7 Å². The largest absolute Gasteiger partial charge is 0.481 e. The second-order valence-corrected chi connectivity index (χ2v) is 3.43. The highest BCUT2D eigenvalue weighted by atomic mass is 16.6. The molecule has 1 N–H and O–H groups in total. The van der Waals surface area contributed by atoms with Crippen molar-refractivity contribution in [2.24, 2.45) is 0 Å². The molecule has 5 nitrogen and oxygen atoms in total. The molecule has 15 heavy (non-hydrogen) atoms. The number of amides is 1. The van der Waals surface area contributed by atoms with Gasteiger partial charge in [0, 0.05) is 25.4 Å². The van der Waals surface area contributed by atoms with E-state index in [9.17, 15) is 9.59 Å². The molecule has 1 fully saturated rings. The van der Waals surface area contributed by atoms with Crippen LogP contribution in [0.2, 0.25) is 0 Å². The summed E-state index contributed by atoms with van der Waals surface area (Å²) in [6, 6.07) is -0.0413. The number of hydrogen-bond acceptors (Lipinski definition) is 3. The maximum Gasteiger partial charge on any atom is 0.410 e. The Kier molecular flexibility index (Phi) is 4.15. The lowest BCUT2D eigenvalue weighted by Gasteiger charge is -2.33. The van der Waals surface area contributed by atoms with Crippen molar-refractivity contribution in [1.82, 2.24) is 4.90 Å². The molecule has 1 aliphatic heterocycles. The second kappa shape index (κ2) is 5.38. The lowest BCUT2D eigenvalue weighted by Crippen LogP contribution is -2.45. The van der Waals surface area contributed by atoms with Gasteiger partial charge in [0.2, 0.25) is 0 Å². The Labute approximate surface area is 88.3 Å². The fraction of sp³-hybridized carbons (Fsp3) is 0.600. The topological polar surface area (TPSA) is 66.8 Å². The molecule has 5 heteroatoms. The highest BCUT2D eigenvalue weighted by Crippen LogP contribution is 2.17. The molecular weight excluding hydrogens is 198 g/mol. The third kappa shape index (κ3) is 3.27. The van der Waals surface area contributed by atoms with E-state index in [2.05, 4.69) is 6.58 Å². The van der Waals surface area contributed by atoms with Crippen LogP contribution in [0.15, 0.2) is 12.7 Å². The molecule has 84 valence electrons. The lowest BCUT2D eigenvalue weighted by atomic mass is 10.1. The van der Waals surface area contributed by atoms with E-state index >= 15 is 0 Å². The van der Waals surface area contributed by atoms with Gasteiger partial charge >= 0.3 is 12.1 Å². The number of carboxylic acids is 1. The van der Waals surface area contributed by atoms with Gasteiger partial charge in [-0.1, -0.05) is 6.08 Å². The van der Waals surface area contributed by atoms with Gasteiger partial charge in [0.15, 0.2) is 0 Å². The molecule has 0 aromatic heterocycles. The van der Waals surface area contributed by atoms with Crippen molar-refractivity contribution < 1.29 is 19.4 Å². The minimum absolute atomic E-state index is 0.0413. The van der Waals surface area contributed by atoms with E-state index in [1.807, 2.05) is 0 Å². The number of cyclic esters (lactones) is 1. The SMILES string of the molecule is C=CCN1C(=O)OCCC1CCC(=O)O. The van der Waals surface area contributed by atoms with Crippen LogP contribution < -0.4 is 0 Å². The zero-order valence-corrected chi connectivity index (χ0v) is 8.52. The maximum atomic E-state index is 11.3. The number of hydrogen-bond donors (Lipinski definition) is 1. The Bertz CT molecular complexity index is 264. The average molecular weight is 213 g/mol. The smallest absolute Gasteiger partial charge is 0.410 e. The van der Waals surface area contributed by atoms with Crippen molar-refractivity contribution in [2.45, 2.75) is 25.3 Å². The standard InChI is InChI=1S/C10H15NO4/c1-2-6-11-8(3-4-9(12)13)5-7-15-10(11)14/h2,8H,1,3-7H2,(H,12,13). The van der Waals surface area contributed by atoms with Gasteiger partial charge in [0.1, 0.15) is 0 Å². The summed E-state index contributed by atoms with van der Waals surface area (Å²) < 4.78 is 4.87. The fourth-order valence-corrected chi connectivity index (χ4v) is 1.62. The molecule has 0 spiro atoms. The molecule has 1 amide bonds. The van der Waals surface area contributed by atoms with Gasteiger partial charge in [-0.15, -0.1) is 6.58 Å². The first kappa shape index (κ1) is 11.6. The van der Waals surface area contributed by atoms with Crippen LogP contribution in [-0.2, 0) is 9.53 Å². The van der Waals surface area contributed by atoms with Crippen LogP contribution in [0.5, 0.6) is 0 Å². The summed E-state index contributed by atoms with van der Waals surface area (Å²) in [5.41, 5.74) is 0. The molecule has 0 saturated carbocycles. The summed E-state index contributed by atoms with van der Waals surface area (Å²) in [7, 11) is 0. The van der Waals surface area contributed by atoms with Crippen LogP contribution >= 0.6 is 0 Å². The van der Waals surface area contributed by atoms with Gasteiger partial charge in [-0.05, 0) is 6.42 Å². The van der Waals surface area contributed by atoms with Gasteiger partial charge in [-0.3, -0.25) is 4.79 Å². The molecule has 0 aromatic carbocycles. The Hall–Kier alpha value is -1.52. The normalized spacial score (nSPS) is 20.9. The lowest BCUT2D eigenvalue weighted by molar-refractivity contribution is -0.137. The fourth-order valence-electron chi connectivity index (χ4n) is 1.62. The molecule has 1 atom stereocenters. The van der Waals surface area contributed by atoms with Gasteiger partial charge < -0.3 is 14.7 Å². The van der Waals surface area contributed by atoms with Gasteiger partial charge in [0.05, 0.1) is 6.61 Å². The third-order valence-corrected chi connectivity index (χ3v) is 2.37. The number of nitrogens with zero attached hydrogens (tertiary/aromatic N) is 1. The van der Waals surface area contributed by atoms with Crippen LogP contribution in [0.1, 0.15) is 19.3 Å². The van der Waals surface area contributed by atoms with E-state index in [0.29, 0.717) is 26.0 Å². The number of carbonyl (C=O) groups is 2. The second-order valence-electron chi connectivity index (χ2n) is 3.43. The number of carboxylic acid groups (broad SMARTS) is 1. The molecule has 1 rings (SSSR count). The molecule has 0 bridgehead atoms. The van der Waals surface area contributed by atoms with Gasteiger partial charge in [0.25, 0.3) is 0 Å². The number of rotatable bonds is 5. The van der Waals surface area contributed by atoms with Crippen molar-refractivity contribution in [2.75, 3.05) is 13.2 Å². The third-order valence-electron chi connectivity index (χ3n) is 2.37. The number of carbonyl (C=O) groups excluding carboxylic acids is 1. The van der Waals surface area contributed by atoms with E-state index in [-0.39, 0.29) is 18.6 Å². The summed E-state index contributed by atoms with van der Waals surface area (Å²) in [4.78, 5) is 23.3.